The number of carbonyl (C=O) groups is 2. The minimum atomic E-state index is -0.411. The number of fused-ring (bicyclic) bond motifs is 1. The van der Waals surface area contributed by atoms with Crippen LogP contribution in [-0.2, 0) is 4.74 Å². The molecule has 6 rings (SSSR count). The van der Waals surface area contributed by atoms with Crippen molar-refractivity contribution in [2.75, 3.05) is 45.3 Å². The monoisotopic (exact) mass is 537 g/mol. The van der Waals surface area contributed by atoms with Gasteiger partial charge in [-0.15, -0.1) is 0 Å². The Kier molecular flexibility index (Phi) is 6.65. The van der Waals surface area contributed by atoms with E-state index in [-0.39, 0.29) is 5.91 Å². The highest BCUT2D eigenvalue weighted by atomic mass is 16.5. The highest BCUT2D eigenvalue weighted by Crippen LogP contribution is 2.30. The van der Waals surface area contributed by atoms with Crippen LogP contribution in [0.4, 0.5) is 5.82 Å². The number of hydrogen-bond donors (Lipinski definition) is 0. The van der Waals surface area contributed by atoms with Crippen LogP contribution in [0.25, 0.3) is 28.2 Å². The first kappa shape index (κ1) is 25.2. The molecule has 0 bridgehead atoms. The van der Waals surface area contributed by atoms with Gasteiger partial charge in [-0.2, -0.15) is 9.61 Å². The van der Waals surface area contributed by atoms with Gasteiger partial charge in [0.05, 0.1) is 43.0 Å². The first-order valence-corrected chi connectivity index (χ1v) is 12.8. The number of esters is 1. The largest absolute Gasteiger partial charge is 0.497 e. The lowest BCUT2D eigenvalue weighted by Crippen LogP contribution is -2.49. The van der Waals surface area contributed by atoms with Crippen molar-refractivity contribution in [2.24, 2.45) is 0 Å². The summed E-state index contributed by atoms with van der Waals surface area (Å²) in [6, 6.07) is 20.5. The number of aromatic nitrogens is 3. The molecule has 0 atom stereocenters. The van der Waals surface area contributed by atoms with Gasteiger partial charge >= 0.3 is 5.97 Å². The third kappa shape index (κ3) is 4.75. The van der Waals surface area contributed by atoms with Gasteiger partial charge in [0.15, 0.2) is 5.65 Å². The molecule has 4 heterocycles. The van der Waals surface area contributed by atoms with Crippen LogP contribution in [0.5, 0.6) is 5.75 Å². The number of amides is 1. The smallest absolute Gasteiger partial charge is 0.337 e. The molecule has 0 saturated carbocycles. The van der Waals surface area contributed by atoms with Crippen LogP contribution in [0.3, 0.4) is 0 Å². The van der Waals surface area contributed by atoms with Gasteiger partial charge in [0.25, 0.3) is 5.91 Å². The van der Waals surface area contributed by atoms with Crippen LogP contribution >= 0.6 is 0 Å². The normalized spacial score (nSPS) is 13.4. The van der Waals surface area contributed by atoms with Crippen molar-refractivity contribution in [3.8, 4) is 28.3 Å². The van der Waals surface area contributed by atoms with E-state index in [1.165, 1.54) is 19.6 Å². The molecular formula is C30H27N5O5. The Morgan fingerprint density at radius 2 is 1.62 bits per heavy atom. The summed E-state index contributed by atoms with van der Waals surface area (Å²) in [5, 5.41) is 4.91. The Balaban J connectivity index is 1.40. The van der Waals surface area contributed by atoms with Crippen molar-refractivity contribution in [2.45, 2.75) is 0 Å². The summed E-state index contributed by atoms with van der Waals surface area (Å²) < 4.78 is 17.2. The molecule has 40 heavy (non-hydrogen) atoms. The maximum atomic E-state index is 12.9. The number of nitrogens with zero attached hydrogens (tertiary/aromatic N) is 5. The third-order valence-corrected chi connectivity index (χ3v) is 7.01. The average molecular weight is 538 g/mol. The van der Waals surface area contributed by atoms with Crippen LogP contribution in [0.2, 0.25) is 0 Å². The second kappa shape index (κ2) is 10.6. The predicted octanol–water partition coefficient (Wildman–Crippen LogP) is 4.41. The van der Waals surface area contributed by atoms with E-state index in [2.05, 4.69) is 4.90 Å². The second-order valence-corrected chi connectivity index (χ2v) is 9.39. The molecule has 1 fully saturated rings. The molecule has 10 heteroatoms. The van der Waals surface area contributed by atoms with Gasteiger partial charge < -0.3 is 23.7 Å². The molecule has 3 aromatic heterocycles. The minimum absolute atomic E-state index is 0.0482. The van der Waals surface area contributed by atoms with Crippen molar-refractivity contribution in [1.29, 1.82) is 0 Å². The SMILES string of the molecule is COC(=O)c1cccc(-c2cc(N3CCN(C(=O)c4ccoc4)CC3)n3nc(-c4cccc(OC)c4)cc3n2)c1. The van der Waals surface area contributed by atoms with Crippen molar-refractivity contribution in [1.82, 2.24) is 19.5 Å². The van der Waals surface area contributed by atoms with E-state index >= 15 is 0 Å². The zero-order valence-electron chi connectivity index (χ0n) is 22.1. The van der Waals surface area contributed by atoms with E-state index in [4.69, 9.17) is 24.0 Å². The van der Waals surface area contributed by atoms with Crippen LogP contribution in [0.15, 0.2) is 83.7 Å². The number of anilines is 1. The summed E-state index contributed by atoms with van der Waals surface area (Å²) >= 11 is 0. The Bertz CT molecular complexity index is 1690. The molecular weight excluding hydrogens is 510 g/mol. The predicted molar refractivity (Wildman–Crippen MR) is 149 cm³/mol. The molecule has 1 aliphatic rings. The summed E-state index contributed by atoms with van der Waals surface area (Å²) in [6.45, 7) is 2.31. The number of benzene rings is 2. The maximum absolute atomic E-state index is 12.9. The molecule has 1 aliphatic heterocycles. The van der Waals surface area contributed by atoms with Crippen molar-refractivity contribution < 1.29 is 23.5 Å². The fraction of sp³-hybridized carbons (Fsp3) is 0.200. The van der Waals surface area contributed by atoms with Gasteiger partial charge in [0.2, 0.25) is 0 Å². The Labute approximate surface area is 230 Å². The molecule has 0 aliphatic carbocycles. The summed E-state index contributed by atoms with van der Waals surface area (Å²) in [6.07, 6.45) is 2.98. The zero-order chi connectivity index (χ0) is 27.6. The number of hydrogen-bond acceptors (Lipinski definition) is 8. The van der Waals surface area contributed by atoms with Gasteiger partial charge in [-0.3, -0.25) is 4.79 Å². The summed E-state index contributed by atoms with van der Waals surface area (Å²) in [5.41, 5.74) is 4.78. The molecule has 2 aromatic carbocycles. The van der Waals surface area contributed by atoms with Gasteiger partial charge in [-0.05, 0) is 30.3 Å². The number of ether oxygens (including phenoxy) is 2. The van der Waals surface area contributed by atoms with Gasteiger partial charge in [-0.1, -0.05) is 24.3 Å². The lowest BCUT2D eigenvalue weighted by Gasteiger charge is -2.36. The molecule has 0 radical (unpaired) electrons. The Morgan fingerprint density at radius 1 is 0.850 bits per heavy atom. The standard InChI is InChI=1S/C30H27N5O5/c1-38-24-8-4-6-21(16-24)26-17-27-31-25(20-5-3-7-22(15-20)30(37)39-2)18-28(35(27)32-26)33-10-12-34(13-11-33)29(36)23-9-14-40-19-23/h3-9,14-19H,10-13H2,1-2H3. The van der Waals surface area contributed by atoms with Crippen molar-refractivity contribution in [3.05, 3.63) is 90.4 Å². The van der Waals surface area contributed by atoms with E-state index < -0.39 is 5.97 Å². The van der Waals surface area contributed by atoms with E-state index in [9.17, 15) is 9.59 Å². The van der Waals surface area contributed by atoms with E-state index in [1.807, 2.05) is 57.9 Å². The highest BCUT2D eigenvalue weighted by Gasteiger charge is 2.25. The number of rotatable bonds is 6. The summed E-state index contributed by atoms with van der Waals surface area (Å²) in [4.78, 5) is 34.0. The van der Waals surface area contributed by atoms with Gasteiger partial charge in [-0.25, -0.2) is 9.78 Å². The highest BCUT2D eigenvalue weighted by molar-refractivity contribution is 5.94. The molecule has 0 unspecified atom stereocenters. The Morgan fingerprint density at radius 3 is 2.35 bits per heavy atom. The average Bonchev–Trinajstić information content (AvgIpc) is 3.71. The van der Waals surface area contributed by atoms with Gasteiger partial charge in [0, 0.05) is 49.4 Å². The van der Waals surface area contributed by atoms with E-state index in [0.717, 1.165) is 28.4 Å². The number of piperazine rings is 1. The molecule has 1 saturated heterocycles. The quantitative estimate of drug-likeness (QED) is 0.294. The minimum Gasteiger partial charge on any atom is -0.497 e. The van der Waals surface area contributed by atoms with E-state index in [1.54, 1.807) is 25.3 Å². The fourth-order valence-corrected chi connectivity index (χ4v) is 4.89. The van der Waals surface area contributed by atoms with Crippen LogP contribution in [0, 0.1) is 0 Å². The third-order valence-electron chi connectivity index (χ3n) is 7.01. The van der Waals surface area contributed by atoms with Gasteiger partial charge in [0.1, 0.15) is 17.8 Å². The number of methoxy groups -OCH3 is 2. The van der Waals surface area contributed by atoms with Crippen LogP contribution < -0.4 is 9.64 Å². The van der Waals surface area contributed by atoms with E-state index in [0.29, 0.717) is 48.6 Å². The zero-order valence-corrected chi connectivity index (χ0v) is 22.1. The molecule has 10 nitrogen and oxygen atoms in total. The van der Waals surface area contributed by atoms with Crippen molar-refractivity contribution in [3.63, 3.8) is 0 Å². The second-order valence-electron chi connectivity index (χ2n) is 9.39. The molecule has 5 aromatic rings. The number of carbonyl (C=O) groups excluding carboxylic acids is 2. The summed E-state index contributed by atoms with van der Waals surface area (Å²) in [5.74, 6) is 1.12. The maximum Gasteiger partial charge on any atom is 0.337 e. The van der Waals surface area contributed by atoms with Crippen LogP contribution in [-0.4, -0.2) is 71.8 Å². The lowest BCUT2D eigenvalue weighted by molar-refractivity contribution is 0.0600. The topological polar surface area (TPSA) is 102 Å². The van der Waals surface area contributed by atoms with Crippen LogP contribution in [0.1, 0.15) is 20.7 Å². The first-order valence-electron chi connectivity index (χ1n) is 12.8. The molecule has 202 valence electrons. The summed E-state index contributed by atoms with van der Waals surface area (Å²) in [7, 11) is 2.99. The van der Waals surface area contributed by atoms with Crippen molar-refractivity contribution >= 4 is 23.3 Å². The number of furan rings is 1. The first-order chi connectivity index (χ1) is 19.5. The fourth-order valence-electron chi connectivity index (χ4n) is 4.89. The molecule has 1 amide bonds. The lowest BCUT2D eigenvalue weighted by atomic mass is 10.1. The Hall–Kier alpha value is -5.12. The molecule has 0 spiro atoms. The molecule has 0 N–H and O–H groups in total.